The lowest BCUT2D eigenvalue weighted by Crippen LogP contribution is -1.98. The summed E-state index contributed by atoms with van der Waals surface area (Å²) in [6, 6.07) is 19.4. The molecule has 0 bridgehead atoms. The zero-order valence-corrected chi connectivity index (χ0v) is 11.7. The molecule has 0 amide bonds. The van der Waals surface area contributed by atoms with E-state index in [2.05, 4.69) is 0 Å². The molecule has 20 heavy (non-hydrogen) atoms. The molecule has 0 aromatic heterocycles. The Labute approximate surface area is 119 Å². The summed E-state index contributed by atoms with van der Waals surface area (Å²) in [5.41, 5.74) is 2.70. The van der Waals surface area contributed by atoms with Crippen molar-refractivity contribution in [1.82, 2.24) is 0 Å². The Morgan fingerprint density at radius 2 is 1.55 bits per heavy atom. The monoisotopic (exact) mass is 270 g/mol. The summed E-state index contributed by atoms with van der Waals surface area (Å²) in [5.74, 6) is -0.186. The van der Waals surface area contributed by atoms with Crippen LogP contribution in [-0.4, -0.2) is 6.61 Å². The van der Waals surface area contributed by atoms with Gasteiger partial charge in [-0.15, -0.1) is 0 Å². The van der Waals surface area contributed by atoms with Gasteiger partial charge >= 0.3 is 0 Å². The summed E-state index contributed by atoms with van der Waals surface area (Å²) in [6.07, 6.45) is 0.657. The molecule has 2 rings (SSSR count). The van der Waals surface area contributed by atoms with Crippen molar-refractivity contribution in [2.24, 2.45) is 0 Å². The van der Waals surface area contributed by atoms with Crippen molar-refractivity contribution in [3.05, 3.63) is 77.6 Å². The molecule has 0 spiro atoms. The summed E-state index contributed by atoms with van der Waals surface area (Å²) in [4.78, 5) is 0. The first kappa shape index (κ1) is 14.5. The third kappa shape index (κ3) is 4.04. The van der Waals surface area contributed by atoms with Gasteiger partial charge in [-0.05, 0) is 23.1 Å². The van der Waals surface area contributed by atoms with Crippen LogP contribution >= 0.6 is 0 Å². The van der Waals surface area contributed by atoms with Gasteiger partial charge in [0.15, 0.2) is 0 Å². The number of hydrogen-bond donors (Lipinski definition) is 0. The molecular weight excluding hydrogens is 251 g/mol. The van der Waals surface area contributed by atoms with Gasteiger partial charge in [-0.2, -0.15) is 0 Å². The molecule has 0 saturated heterocycles. The van der Waals surface area contributed by atoms with E-state index in [-0.39, 0.29) is 12.4 Å². The highest BCUT2D eigenvalue weighted by atomic mass is 19.1. The van der Waals surface area contributed by atoms with Crippen molar-refractivity contribution < 1.29 is 9.13 Å². The number of halogens is 1. The first-order valence-electron chi connectivity index (χ1n) is 6.86. The van der Waals surface area contributed by atoms with Crippen molar-refractivity contribution in [3.8, 4) is 0 Å². The highest BCUT2D eigenvalue weighted by Crippen LogP contribution is 2.23. The van der Waals surface area contributed by atoms with E-state index in [0.717, 1.165) is 16.7 Å². The average Bonchev–Trinajstić information content (AvgIpc) is 2.50. The Bertz CT molecular complexity index is 546. The Balaban J connectivity index is 1.98. The van der Waals surface area contributed by atoms with Crippen molar-refractivity contribution >= 4 is 5.57 Å². The molecule has 0 aliphatic carbocycles. The molecule has 2 aromatic carbocycles. The second-order valence-corrected chi connectivity index (χ2v) is 4.58. The van der Waals surface area contributed by atoms with Crippen molar-refractivity contribution in [3.63, 3.8) is 0 Å². The summed E-state index contributed by atoms with van der Waals surface area (Å²) in [6.45, 7) is 2.41. The number of rotatable bonds is 6. The molecule has 0 radical (unpaired) electrons. The van der Waals surface area contributed by atoms with Crippen LogP contribution < -0.4 is 0 Å². The molecule has 104 valence electrons. The Hall–Kier alpha value is -1.93. The van der Waals surface area contributed by atoms with Crippen molar-refractivity contribution in [1.29, 1.82) is 0 Å². The molecule has 2 heteroatoms. The molecule has 0 heterocycles. The van der Waals surface area contributed by atoms with E-state index in [1.54, 1.807) is 0 Å². The maximum Gasteiger partial charge on any atom is 0.129 e. The van der Waals surface area contributed by atoms with Crippen LogP contribution in [0.2, 0.25) is 0 Å². The van der Waals surface area contributed by atoms with Crippen molar-refractivity contribution in [2.75, 3.05) is 6.61 Å². The summed E-state index contributed by atoms with van der Waals surface area (Å²) >= 11 is 0. The van der Waals surface area contributed by atoms with Gasteiger partial charge in [0.25, 0.3) is 0 Å². The lowest BCUT2D eigenvalue weighted by atomic mass is 10.0. The van der Waals surface area contributed by atoms with Crippen molar-refractivity contribution in [2.45, 2.75) is 20.0 Å². The molecule has 0 atom stereocenters. The lowest BCUT2D eigenvalue weighted by Gasteiger charge is -2.09. The molecule has 0 fully saturated rings. The molecule has 0 aliphatic heterocycles. The van der Waals surface area contributed by atoms with E-state index >= 15 is 0 Å². The van der Waals surface area contributed by atoms with Gasteiger partial charge in [-0.1, -0.05) is 67.6 Å². The summed E-state index contributed by atoms with van der Waals surface area (Å²) < 4.78 is 19.7. The summed E-state index contributed by atoms with van der Waals surface area (Å²) in [7, 11) is 0. The van der Waals surface area contributed by atoms with E-state index in [1.165, 1.54) is 0 Å². The topological polar surface area (TPSA) is 9.23 Å². The van der Waals surface area contributed by atoms with Crippen LogP contribution in [0.25, 0.3) is 5.57 Å². The molecule has 1 nitrogen and oxygen atoms in total. The zero-order valence-electron chi connectivity index (χ0n) is 11.7. The van der Waals surface area contributed by atoms with Crippen LogP contribution in [0.3, 0.4) is 0 Å². The van der Waals surface area contributed by atoms with Gasteiger partial charge in [0, 0.05) is 0 Å². The normalized spacial score (nSPS) is 12.1. The van der Waals surface area contributed by atoms with Crippen LogP contribution in [0.1, 0.15) is 24.5 Å². The predicted molar refractivity (Wildman–Crippen MR) is 80.9 cm³/mol. The fourth-order valence-corrected chi connectivity index (χ4v) is 2.11. The molecule has 2 aromatic rings. The van der Waals surface area contributed by atoms with Crippen LogP contribution in [0.15, 0.2) is 66.5 Å². The van der Waals surface area contributed by atoms with Gasteiger partial charge in [0.1, 0.15) is 5.83 Å². The van der Waals surface area contributed by atoms with Crippen LogP contribution in [0.4, 0.5) is 4.39 Å². The fraction of sp³-hybridized carbons (Fsp3) is 0.222. The van der Waals surface area contributed by atoms with E-state index in [4.69, 9.17) is 4.74 Å². The molecule has 0 aliphatic rings. The van der Waals surface area contributed by atoms with E-state index in [0.29, 0.717) is 13.0 Å². The largest absolute Gasteiger partial charge is 0.370 e. The van der Waals surface area contributed by atoms with E-state index in [9.17, 15) is 4.39 Å². The van der Waals surface area contributed by atoms with E-state index in [1.807, 2.05) is 67.6 Å². The highest BCUT2D eigenvalue weighted by molar-refractivity contribution is 5.67. The minimum absolute atomic E-state index is 0.0208. The van der Waals surface area contributed by atoms with Crippen LogP contribution in [0.5, 0.6) is 0 Å². The van der Waals surface area contributed by atoms with E-state index < -0.39 is 0 Å². The SMILES string of the molecule is CC/C(=C(/F)COCc1ccccc1)c1ccccc1. The van der Waals surface area contributed by atoms with Gasteiger partial charge < -0.3 is 4.74 Å². The second kappa shape index (κ2) is 7.61. The summed E-state index contributed by atoms with van der Waals surface area (Å²) in [5, 5.41) is 0. The standard InChI is InChI=1S/C18H19FO/c1-2-17(16-11-7-4-8-12-16)18(19)14-20-13-15-9-5-3-6-10-15/h3-12H,2,13-14H2,1H3/b18-17-. The first-order valence-corrected chi connectivity index (χ1v) is 6.86. The maximum absolute atomic E-state index is 14.2. The Morgan fingerprint density at radius 1 is 0.950 bits per heavy atom. The Kier molecular flexibility index (Phi) is 5.51. The second-order valence-electron chi connectivity index (χ2n) is 4.58. The third-order valence-electron chi connectivity index (χ3n) is 3.14. The molecule has 0 saturated carbocycles. The fourth-order valence-electron chi connectivity index (χ4n) is 2.11. The Morgan fingerprint density at radius 3 is 2.15 bits per heavy atom. The zero-order chi connectivity index (χ0) is 14.2. The smallest absolute Gasteiger partial charge is 0.129 e. The lowest BCUT2D eigenvalue weighted by molar-refractivity contribution is 0.130. The van der Waals surface area contributed by atoms with Gasteiger partial charge in [-0.25, -0.2) is 4.39 Å². The van der Waals surface area contributed by atoms with Crippen LogP contribution in [-0.2, 0) is 11.3 Å². The highest BCUT2D eigenvalue weighted by Gasteiger charge is 2.07. The molecule has 0 N–H and O–H groups in total. The maximum atomic E-state index is 14.2. The van der Waals surface area contributed by atoms with Gasteiger partial charge in [0.05, 0.1) is 13.2 Å². The average molecular weight is 270 g/mol. The third-order valence-corrected chi connectivity index (χ3v) is 3.14. The number of ether oxygens (including phenoxy) is 1. The first-order chi connectivity index (χ1) is 9.81. The number of benzene rings is 2. The minimum atomic E-state index is -0.186. The number of allylic oxidation sites excluding steroid dienone is 1. The molecule has 0 unspecified atom stereocenters. The predicted octanol–water partition coefficient (Wildman–Crippen LogP) is 4.99. The molecular formula is C18H19FO. The quantitative estimate of drug-likeness (QED) is 0.718. The van der Waals surface area contributed by atoms with Crippen LogP contribution in [0, 0.1) is 0 Å². The van der Waals surface area contributed by atoms with Gasteiger partial charge in [0.2, 0.25) is 0 Å². The minimum Gasteiger partial charge on any atom is -0.370 e. The number of hydrogen-bond acceptors (Lipinski definition) is 1. The van der Waals surface area contributed by atoms with Gasteiger partial charge in [-0.3, -0.25) is 0 Å².